The van der Waals surface area contributed by atoms with Crippen molar-refractivity contribution in [1.82, 2.24) is 19.1 Å². The molecule has 3 aromatic heterocycles. The molecular formula is C27H24ClN5O3. The first-order valence-electron chi connectivity index (χ1n) is 11.7. The van der Waals surface area contributed by atoms with Crippen molar-refractivity contribution in [2.75, 3.05) is 12.0 Å². The van der Waals surface area contributed by atoms with Gasteiger partial charge in [0.25, 0.3) is 11.5 Å². The molecule has 4 aromatic rings. The molecule has 0 radical (unpaired) electrons. The quantitative estimate of drug-likeness (QED) is 0.396. The molecule has 0 spiro atoms. The average molecular weight is 502 g/mol. The number of carbonyl (C=O) groups excluding carboxylic acids is 1. The number of halogens is 1. The largest absolute Gasteiger partial charge is 0.467 e. The van der Waals surface area contributed by atoms with Gasteiger partial charge in [-0.3, -0.25) is 14.5 Å². The van der Waals surface area contributed by atoms with E-state index >= 15 is 0 Å². The van der Waals surface area contributed by atoms with Crippen LogP contribution in [0, 0.1) is 6.92 Å². The highest BCUT2D eigenvalue weighted by atomic mass is 35.5. The zero-order valence-corrected chi connectivity index (χ0v) is 20.9. The summed E-state index contributed by atoms with van der Waals surface area (Å²) in [6, 6.07) is 11.5. The van der Waals surface area contributed by atoms with E-state index in [-0.39, 0.29) is 23.6 Å². The van der Waals surface area contributed by atoms with Crippen molar-refractivity contribution in [3.05, 3.63) is 92.7 Å². The number of pyridine rings is 1. The van der Waals surface area contributed by atoms with Gasteiger partial charge in [0.05, 0.1) is 29.7 Å². The third kappa shape index (κ3) is 3.52. The van der Waals surface area contributed by atoms with E-state index in [0.29, 0.717) is 27.8 Å². The molecule has 1 aromatic carbocycles. The molecule has 0 N–H and O–H groups in total. The fourth-order valence-corrected chi connectivity index (χ4v) is 5.19. The second-order valence-corrected chi connectivity index (χ2v) is 9.75. The van der Waals surface area contributed by atoms with Crippen LogP contribution in [-0.4, -0.2) is 32.1 Å². The van der Waals surface area contributed by atoms with Crippen LogP contribution in [0.1, 0.15) is 52.1 Å². The van der Waals surface area contributed by atoms with Crippen molar-refractivity contribution in [3.63, 3.8) is 0 Å². The van der Waals surface area contributed by atoms with Crippen LogP contribution in [0.2, 0.25) is 5.02 Å². The lowest BCUT2D eigenvalue weighted by molar-refractivity contribution is 0.0993. The number of carbonyl (C=O) groups is 1. The highest BCUT2D eigenvalue weighted by molar-refractivity contribution is 6.30. The van der Waals surface area contributed by atoms with Crippen molar-refractivity contribution >= 4 is 23.2 Å². The average Bonchev–Trinajstić information content (AvgIpc) is 3.58. The maximum absolute atomic E-state index is 14.0. The molecule has 8 nitrogen and oxygen atoms in total. The normalized spacial score (nSPS) is 16.9. The molecule has 0 saturated heterocycles. The Balaban J connectivity index is 1.58. The van der Waals surface area contributed by atoms with E-state index in [1.807, 2.05) is 30.3 Å². The molecule has 0 bridgehead atoms. The van der Waals surface area contributed by atoms with Crippen LogP contribution in [0.3, 0.4) is 0 Å². The first kappa shape index (κ1) is 22.5. The SMILES string of the molecule is COc1ncc(-c2cc3c(n2C2CC2)C(c2ccc(Cl)cc2)N(c2cc(C)c(=O)n(C)c2)C3=O)cn1. The molecule has 2 aliphatic rings. The standard InChI is InChI=1S/C27H24ClN5O3/c1-15-10-20(14-31(2)25(15)34)33-23(16-4-6-18(28)7-5-16)24-21(26(33)35)11-22(32(24)19-8-9-19)17-12-29-27(36-3)30-13-17/h4-7,10-14,19,23H,8-9H2,1-3H3. The zero-order valence-electron chi connectivity index (χ0n) is 20.1. The van der Waals surface area contributed by atoms with Crippen molar-refractivity contribution in [2.24, 2.45) is 7.05 Å². The molecule has 1 aliphatic heterocycles. The summed E-state index contributed by atoms with van der Waals surface area (Å²) in [5.41, 5.74) is 5.41. The van der Waals surface area contributed by atoms with Gasteiger partial charge in [-0.05, 0) is 49.6 Å². The molecule has 1 fully saturated rings. The minimum Gasteiger partial charge on any atom is -0.467 e. The zero-order chi connectivity index (χ0) is 25.1. The molecule has 182 valence electrons. The van der Waals surface area contributed by atoms with Gasteiger partial charge in [-0.1, -0.05) is 23.7 Å². The number of fused-ring (bicyclic) bond motifs is 1. The van der Waals surface area contributed by atoms with Gasteiger partial charge in [0.2, 0.25) is 0 Å². The summed E-state index contributed by atoms with van der Waals surface area (Å²) < 4.78 is 8.92. The Morgan fingerprint density at radius 3 is 2.36 bits per heavy atom. The number of aryl methyl sites for hydroxylation is 2. The van der Waals surface area contributed by atoms with Crippen LogP contribution < -0.4 is 15.2 Å². The number of hydrogen-bond donors (Lipinski definition) is 0. The van der Waals surface area contributed by atoms with E-state index < -0.39 is 0 Å². The molecule has 36 heavy (non-hydrogen) atoms. The lowest BCUT2D eigenvalue weighted by Gasteiger charge is -2.28. The van der Waals surface area contributed by atoms with E-state index in [1.165, 1.54) is 11.7 Å². The topological polar surface area (TPSA) is 82.2 Å². The van der Waals surface area contributed by atoms with Crippen molar-refractivity contribution in [3.8, 4) is 17.3 Å². The number of benzene rings is 1. The second-order valence-electron chi connectivity index (χ2n) is 9.31. The van der Waals surface area contributed by atoms with Crippen molar-refractivity contribution < 1.29 is 9.53 Å². The summed E-state index contributed by atoms with van der Waals surface area (Å²) in [6.07, 6.45) is 7.25. The maximum atomic E-state index is 14.0. The molecule has 1 amide bonds. The van der Waals surface area contributed by atoms with E-state index in [2.05, 4.69) is 14.5 Å². The monoisotopic (exact) mass is 501 g/mol. The van der Waals surface area contributed by atoms with Gasteiger partial charge in [-0.2, -0.15) is 0 Å². The van der Waals surface area contributed by atoms with Crippen LogP contribution in [0.5, 0.6) is 6.01 Å². The van der Waals surface area contributed by atoms with E-state index in [0.717, 1.165) is 35.4 Å². The minimum absolute atomic E-state index is 0.0877. The number of aromatic nitrogens is 4. The van der Waals surface area contributed by atoms with Crippen molar-refractivity contribution in [2.45, 2.75) is 31.8 Å². The molecule has 1 unspecified atom stereocenters. The Kier molecular flexibility index (Phi) is 5.22. The third-order valence-electron chi connectivity index (χ3n) is 6.87. The predicted octanol–water partition coefficient (Wildman–Crippen LogP) is 4.70. The van der Waals surface area contributed by atoms with E-state index in [4.69, 9.17) is 16.3 Å². The maximum Gasteiger partial charge on any atom is 0.316 e. The number of nitrogens with zero attached hydrogens (tertiary/aromatic N) is 5. The number of rotatable bonds is 5. The highest BCUT2D eigenvalue weighted by Crippen LogP contribution is 2.50. The molecule has 9 heteroatoms. The Bertz CT molecular complexity index is 1530. The number of ether oxygens (including phenoxy) is 1. The fraction of sp³-hybridized carbons (Fsp3) is 0.259. The van der Waals surface area contributed by atoms with Gasteiger partial charge in [-0.15, -0.1) is 0 Å². The number of methoxy groups -OCH3 is 1. The highest BCUT2D eigenvalue weighted by Gasteiger charge is 2.45. The van der Waals surface area contributed by atoms with Gasteiger partial charge in [-0.25, -0.2) is 9.97 Å². The summed E-state index contributed by atoms with van der Waals surface area (Å²) in [7, 11) is 3.23. The number of amides is 1. The van der Waals surface area contributed by atoms with Gasteiger partial charge < -0.3 is 13.9 Å². The Morgan fingerprint density at radius 1 is 1.06 bits per heavy atom. The molecular weight excluding hydrogens is 478 g/mol. The summed E-state index contributed by atoms with van der Waals surface area (Å²) in [5.74, 6) is -0.113. The summed E-state index contributed by atoms with van der Waals surface area (Å²) >= 11 is 6.21. The van der Waals surface area contributed by atoms with E-state index in [1.54, 1.807) is 43.5 Å². The summed E-state index contributed by atoms with van der Waals surface area (Å²) in [5, 5.41) is 0.626. The van der Waals surface area contributed by atoms with Crippen LogP contribution in [0.25, 0.3) is 11.3 Å². The fourth-order valence-electron chi connectivity index (χ4n) is 5.07. The van der Waals surface area contributed by atoms with Gasteiger partial charge in [0.1, 0.15) is 6.04 Å². The number of anilines is 1. The lowest BCUT2D eigenvalue weighted by Crippen LogP contribution is -2.31. The van der Waals surface area contributed by atoms with Crippen LogP contribution in [0.15, 0.2) is 59.8 Å². The first-order valence-corrected chi connectivity index (χ1v) is 12.1. The number of hydrogen-bond acceptors (Lipinski definition) is 5. The van der Waals surface area contributed by atoms with E-state index in [9.17, 15) is 9.59 Å². The minimum atomic E-state index is -0.379. The Hall–Kier alpha value is -3.91. The molecule has 4 heterocycles. The summed E-state index contributed by atoms with van der Waals surface area (Å²) in [6.45, 7) is 1.77. The van der Waals surface area contributed by atoms with Gasteiger partial charge in [0, 0.05) is 47.8 Å². The van der Waals surface area contributed by atoms with Crippen LogP contribution >= 0.6 is 11.6 Å². The van der Waals surface area contributed by atoms with Crippen LogP contribution in [-0.2, 0) is 7.05 Å². The molecule has 6 rings (SSSR count). The second kappa shape index (κ2) is 8.34. The lowest BCUT2D eigenvalue weighted by atomic mass is 10.0. The van der Waals surface area contributed by atoms with Gasteiger partial charge >= 0.3 is 6.01 Å². The molecule has 1 aliphatic carbocycles. The van der Waals surface area contributed by atoms with Crippen molar-refractivity contribution in [1.29, 1.82) is 0 Å². The molecule has 1 saturated carbocycles. The Labute approximate surface area is 212 Å². The van der Waals surface area contributed by atoms with Gasteiger partial charge in [0.15, 0.2) is 0 Å². The summed E-state index contributed by atoms with van der Waals surface area (Å²) in [4.78, 5) is 36.8. The first-order chi connectivity index (χ1) is 17.4. The van der Waals surface area contributed by atoms with Crippen LogP contribution in [0.4, 0.5) is 5.69 Å². The molecule has 1 atom stereocenters. The predicted molar refractivity (Wildman–Crippen MR) is 137 cm³/mol. The Morgan fingerprint density at radius 2 is 1.75 bits per heavy atom. The smallest absolute Gasteiger partial charge is 0.316 e. The third-order valence-corrected chi connectivity index (χ3v) is 7.12.